The van der Waals surface area contributed by atoms with Gasteiger partial charge in [-0.1, -0.05) is 23.7 Å². The van der Waals surface area contributed by atoms with Gasteiger partial charge in [-0.2, -0.15) is 0 Å². The van der Waals surface area contributed by atoms with E-state index in [0.717, 1.165) is 17.0 Å². The summed E-state index contributed by atoms with van der Waals surface area (Å²) in [6.07, 6.45) is 0. The second-order valence-electron chi connectivity index (χ2n) is 6.84. The molecule has 0 aliphatic heterocycles. The smallest absolute Gasteiger partial charge is 0.291 e. The van der Waals surface area contributed by atoms with Crippen molar-refractivity contribution in [3.05, 3.63) is 70.8 Å². The van der Waals surface area contributed by atoms with Gasteiger partial charge in [-0.15, -0.1) is 5.10 Å². The number of benzene rings is 2. The summed E-state index contributed by atoms with van der Waals surface area (Å²) in [5.74, 6) is 1.20. The van der Waals surface area contributed by atoms with E-state index < -0.39 is 0 Å². The SMILES string of the molecule is COc1cccc(C(CNC(=O)c2nc(C)n(-c3ccc(Cl)cc3)n2)N(C)C)c1. The second-order valence-corrected chi connectivity index (χ2v) is 7.27. The highest BCUT2D eigenvalue weighted by molar-refractivity contribution is 6.30. The molecule has 8 heteroatoms. The van der Waals surface area contributed by atoms with Crippen LogP contribution in [0.2, 0.25) is 5.02 Å². The highest BCUT2D eigenvalue weighted by Gasteiger charge is 2.19. The molecule has 1 N–H and O–H groups in total. The Labute approximate surface area is 175 Å². The Morgan fingerprint density at radius 1 is 1.24 bits per heavy atom. The number of likely N-dealkylation sites (N-methyl/N-ethyl adjacent to an activating group) is 1. The fourth-order valence-corrected chi connectivity index (χ4v) is 3.15. The van der Waals surface area contributed by atoms with Crippen molar-refractivity contribution in [1.82, 2.24) is 25.0 Å². The quantitative estimate of drug-likeness (QED) is 0.643. The number of aromatic nitrogens is 3. The van der Waals surface area contributed by atoms with E-state index in [9.17, 15) is 4.79 Å². The molecule has 1 unspecified atom stereocenters. The Balaban J connectivity index is 1.74. The standard InChI is InChI=1S/C21H24ClN5O2/c1-14-24-20(25-27(14)17-10-8-16(22)9-11-17)21(28)23-13-19(26(2)3)15-6-5-7-18(12-15)29-4/h5-12,19H,13H2,1-4H3,(H,23,28). The van der Waals surface area contributed by atoms with Crippen molar-refractivity contribution in [2.75, 3.05) is 27.7 Å². The number of nitrogens with one attached hydrogen (secondary N) is 1. The van der Waals surface area contributed by atoms with Gasteiger partial charge in [-0.05, 0) is 63.0 Å². The number of rotatable bonds is 7. The van der Waals surface area contributed by atoms with E-state index in [-0.39, 0.29) is 17.8 Å². The number of ether oxygens (including phenoxy) is 1. The first kappa shape index (κ1) is 20.8. The van der Waals surface area contributed by atoms with Crippen molar-refractivity contribution in [2.45, 2.75) is 13.0 Å². The van der Waals surface area contributed by atoms with E-state index in [1.54, 1.807) is 30.8 Å². The zero-order chi connectivity index (χ0) is 21.0. The van der Waals surface area contributed by atoms with Gasteiger partial charge in [0.25, 0.3) is 5.91 Å². The highest BCUT2D eigenvalue weighted by Crippen LogP contribution is 2.22. The van der Waals surface area contributed by atoms with Gasteiger partial charge in [0.2, 0.25) is 5.82 Å². The Kier molecular flexibility index (Phi) is 6.51. The lowest BCUT2D eigenvalue weighted by atomic mass is 10.1. The summed E-state index contributed by atoms with van der Waals surface area (Å²) < 4.78 is 6.93. The van der Waals surface area contributed by atoms with E-state index in [1.165, 1.54) is 0 Å². The Morgan fingerprint density at radius 2 is 1.97 bits per heavy atom. The molecule has 1 atom stereocenters. The average Bonchev–Trinajstić information content (AvgIpc) is 3.10. The molecule has 3 aromatic rings. The Bertz CT molecular complexity index is 985. The summed E-state index contributed by atoms with van der Waals surface area (Å²) in [6, 6.07) is 15.0. The van der Waals surface area contributed by atoms with E-state index >= 15 is 0 Å². The van der Waals surface area contributed by atoms with Gasteiger partial charge in [0.15, 0.2) is 0 Å². The van der Waals surface area contributed by atoms with Crippen LogP contribution in [-0.2, 0) is 0 Å². The first-order valence-corrected chi connectivity index (χ1v) is 9.55. The van der Waals surface area contributed by atoms with Crippen LogP contribution >= 0.6 is 11.6 Å². The molecule has 0 saturated heterocycles. The van der Waals surface area contributed by atoms with E-state index in [0.29, 0.717) is 17.4 Å². The Hall–Kier alpha value is -2.90. The van der Waals surface area contributed by atoms with E-state index in [2.05, 4.69) is 15.4 Å². The van der Waals surface area contributed by atoms with Crippen LogP contribution in [0.3, 0.4) is 0 Å². The lowest BCUT2D eigenvalue weighted by molar-refractivity contribution is 0.0931. The number of carbonyl (C=O) groups is 1. The van der Waals surface area contributed by atoms with Crippen LogP contribution < -0.4 is 10.1 Å². The molecule has 3 rings (SSSR count). The first-order valence-electron chi connectivity index (χ1n) is 9.17. The van der Waals surface area contributed by atoms with Crippen LogP contribution in [0.1, 0.15) is 28.0 Å². The lowest BCUT2D eigenvalue weighted by Crippen LogP contribution is -2.35. The van der Waals surface area contributed by atoms with E-state index in [4.69, 9.17) is 16.3 Å². The predicted octanol–water partition coefficient (Wildman–Crippen LogP) is 3.27. The van der Waals surface area contributed by atoms with Crippen LogP contribution in [0.5, 0.6) is 5.75 Å². The molecular formula is C21H24ClN5O2. The van der Waals surface area contributed by atoms with Gasteiger partial charge >= 0.3 is 0 Å². The topological polar surface area (TPSA) is 72.3 Å². The third kappa shape index (κ3) is 4.93. The van der Waals surface area contributed by atoms with Gasteiger partial charge in [0, 0.05) is 11.6 Å². The molecule has 2 aromatic carbocycles. The number of halogens is 1. The minimum Gasteiger partial charge on any atom is -0.497 e. The fourth-order valence-electron chi connectivity index (χ4n) is 3.03. The molecule has 0 saturated carbocycles. The molecule has 1 aromatic heterocycles. The van der Waals surface area contributed by atoms with Crippen LogP contribution in [0.4, 0.5) is 0 Å². The van der Waals surface area contributed by atoms with Crippen LogP contribution in [-0.4, -0.2) is 53.3 Å². The minimum atomic E-state index is -0.324. The lowest BCUT2D eigenvalue weighted by Gasteiger charge is -2.25. The molecule has 0 radical (unpaired) electrons. The zero-order valence-corrected chi connectivity index (χ0v) is 17.6. The fraction of sp³-hybridized carbons (Fsp3) is 0.286. The number of carbonyl (C=O) groups excluding carboxylic acids is 1. The van der Waals surface area contributed by atoms with Crippen LogP contribution in [0.15, 0.2) is 48.5 Å². The molecule has 0 aliphatic carbocycles. The third-order valence-corrected chi connectivity index (χ3v) is 4.85. The van der Waals surface area contributed by atoms with Crippen molar-refractivity contribution < 1.29 is 9.53 Å². The molecule has 1 amide bonds. The maximum absolute atomic E-state index is 12.7. The number of methoxy groups -OCH3 is 1. The van der Waals surface area contributed by atoms with E-state index in [1.807, 2.05) is 55.4 Å². The van der Waals surface area contributed by atoms with Crippen molar-refractivity contribution in [3.63, 3.8) is 0 Å². The van der Waals surface area contributed by atoms with Gasteiger partial charge in [0.05, 0.1) is 18.8 Å². The molecule has 0 fully saturated rings. The number of aryl methyl sites for hydroxylation is 1. The average molecular weight is 414 g/mol. The largest absolute Gasteiger partial charge is 0.497 e. The molecule has 7 nitrogen and oxygen atoms in total. The zero-order valence-electron chi connectivity index (χ0n) is 16.9. The molecule has 152 valence electrons. The highest BCUT2D eigenvalue weighted by atomic mass is 35.5. The summed E-state index contributed by atoms with van der Waals surface area (Å²) in [4.78, 5) is 19.0. The summed E-state index contributed by atoms with van der Waals surface area (Å²) in [5, 5.41) is 7.92. The summed E-state index contributed by atoms with van der Waals surface area (Å²) >= 11 is 5.94. The molecule has 0 bridgehead atoms. The summed E-state index contributed by atoms with van der Waals surface area (Å²) in [7, 11) is 5.57. The van der Waals surface area contributed by atoms with Gasteiger partial charge in [-0.3, -0.25) is 4.79 Å². The summed E-state index contributed by atoms with van der Waals surface area (Å²) in [5.41, 5.74) is 1.84. The minimum absolute atomic E-state index is 0.0199. The maximum atomic E-state index is 12.7. The van der Waals surface area contributed by atoms with Gasteiger partial charge < -0.3 is 15.0 Å². The third-order valence-electron chi connectivity index (χ3n) is 4.60. The van der Waals surface area contributed by atoms with Crippen molar-refractivity contribution in [3.8, 4) is 11.4 Å². The number of amides is 1. The normalized spacial score (nSPS) is 12.1. The molecular weight excluding hydrogens is 390 g/mol. The molecule has 29 heavy (non-hydrogen) atoms. The molecule has 1 heterocycles. The Morgan fingerprint density at radius 3 is 2.62 bits per heavy atom. The van der Waals surface area contributed by atoms with Crippen LogP contribution in [0.25, 0.3) is 5.69 Å². The van der Waals surface area contributed by atoms with Crippen molar-refractivity contribution >= 4 is 17.5 Å². The predicted molar refractivity (Wildman–Crippen MR) is 113 cm³/mol. The number of hydrogen-bond donors (Lipinski definition) is 1. The number of hydrogen-bond acceptors (Lipinski definition) is 5. The van der Waals surface area contributed by atoms with Gasteiger partial charge in [-0.25, -0.2) is 9.67 Å². The molecule has 0 aliphatic rings. The van der Waals surface area contributed by atoms with Crippen molar-refractivity contribution in [2.24, 2.45) is 0 Å². The number of nitrogens with zero attached hydrogens (tertiary/aromatic N) is 4. The van der Waals surface area contributed by atoms with Crippen LogP contribution in [0, 0.1) is 6.92 Å². The first-order chi connectivity index (χ1) is 13.9. The summed E-state index contributed by atoms with van der Waals surface area (Å²) in [6.45, 7) is 2.21. The van der Waals surface area contributed by atoms with Crippen molar-refractivity contribution in [1.29, 1.82) is 0 Å². The van der Waals surface area contributed by atoms with Gasteiger partial charge in [0.1, 0.15) is 11.6 Å². The monoisotopic (exact) mass is 413 g/mol. The molecule has 0 spiro atoms. The second kappa shape index (κ2) is 9.07. The maximum Gasteiger partial charge on any atom is 0.291 e.